The summed E-state index contributed by atoms with van der Waals surface area (Å²) in [6.07, 6.45) is -8.47. The minimum Gasteiger partial charge on any atom is -0.473 e. The molecule has 43 heavy (non-hydrogen) atoms. The number of alkyl halides is 6. The Morgan fingerprint density at radius 3 is 2.09 bits per heavy atom. The predicted molar refractivity (Wildman–Crippen MR) is 136 cm³/mol. The van der Waals surface area contributed by atoms with Gasteiger partial charge in [0.05, 0.1) is 11.8 Å². The molecule has 0 aliphatic carbocycles. The third-order valence-corrected chi connectivity index (χ3v) is 6.13. The number of nitrogens with zero attached hydrogens (tertiary/aromatic N) is 3. The number of rotatable bonds is 6. The molecule has 3 aromatic rings. The second-order valence-corrected chi connectivity index (χ2v) is 10.5. The van der Waals surface area contributed by atoms with Crippen LogP contribution in [0.5, 0.6) is 17.4 Å². The van der Waals surface area contributed by atoms with Crippen LogP contribution in [0.3, 0.4) is 0 Å². The fourth-order valence-electron chi connectivity index (χ4n) is 4.09. The number of fused-ring (bicyclic) bond motifs is 1. The number of amides is 1. The molecule has 1 aromatic carbocycles. The zero-order valence-electron chi connectivity index (χ0n) is 22.9. The first-order chi connectivity index (χ1) is 19.9. The molecule has 1 aliphatic heterocycles. The van der Waals surface area contributed by atoms with Gasteiger partial charge in [-0.2, -0.15) is 26.3 Å². The zero-order valence-corrected chi connectivity index (χ0v) is 22.9. The highest BCUT2D eigenvalue weighted by molar-refractivity contribution is 6.07. The first-order valence-corrected chi connectivity index (χ1v) is 12.7. The molecule has 1 saturated heterocycles. The lowest BCUT2D eigenvalue weighted by Gasteiger charge is -2.25. The molecule has 3 heterocycles. The smallest absolute Gasteiger partial charge is 0.473 e. The van der Waals surface area contributed by atoms with Gasteiger partial charge in [-0.3, -0.25) is 4.79 Å². The molecule has 1 aliphatic rings. The van der Waals surface area contributed by atoms with E-state index in [1.807, 2.05) is 0 Å². The molecular formula is C26H25F6N5O6. The molecule has 0 bridgehead atoms. The van der Waals surface area contributed by atoms with Gasteiger partial charge in [-0.25, -0.2) is 19.1 Å². The normalized spacial score (nSPS) is 14.8. The van der Waals surface area contributed by atoms with Crippen LogP contribution in [0.25, 0.3) is 5.65 Å². The van der Waals surface area contributed by atoms with Gasteiger partial charge < -0.3 is 24.8 Å². The van der Waals surface area contributed by atoms with Gasteiger partial charge in [0.15, 0.2) is 23.0 Å². The highest BCUT2D eigenvalue weighted by Crippen LogP contribution is 2.43. The van der Waals surface area contributed by atoms with E-state index in [4.69, 9.17) is 4.74 Å². The van der Waals surface area contributed by atoms with Gasteiger partial charge in [-0.1, -0.05) is 26.8 Å². The van der Waals surface area contributed by atoms with E-state index in [-0.39, 0.29) is 29.0 Å². The monoisotopic (exact) mass is 617 g/mol. The summed E-state index contributed by atoms with van der Waals surface area (Å²) in [5, 5.41) is 9.74. The lowest BCUT2D eigenvalue weighted by atomic mass is 9.85. The average Bonchev–Trinajstić information content (AvgIpc) is 3.29. The van der Waals surface area contributed by atoms with E-state index >= 15 is 0 Å². The summed E-state index contributed by atoms with van der Waals surface area (Å²) in [5.41, 5.74) is -2.03. The summed E-state index contributed by atoms with van der Waals surface area (Å²) >= 11 is 0. The maximum absolute atomic E-state index is 13.2. The Morgan fingerprint density at radius 1 is 0.907 bits per heavy atom. The minimum absolute atomic E-state index is 0.0663. The number of anilines is 1. The number of hydrogen-bond donors (Lipinski definition) is 2. The quantitative estimate of drug-likeness (QED) is 0.235. The van der Waals surface area contributed by atoms with E-state index in [1.54, 1.807) is 6.07 Å². The first kappa shape index (κ1) is 31.5. The highest BCUT2D eigenvalue weighted by atomic mass is 19.4. The molecule has 0 spiro atoms. The van der Waals surface area contributed by atoms with Crippen LogP contribution in [-0.2, 0) is 15.0 Å². The second kappa shape index (κ2) is 11.7. The summed E-state index contributed by atoms with van der Waals surface area (Å²) in [6.45, 7) is 5.88. The number of esters is 2. The Labute approximate surface area is 239 Å². The lowest BCUT2D eigenvalue weighted by molar-refractivity contribution is -0.191. The van der Waals surface area contributed by atoms with Crippen LogP contribution in [0.1, 0.15) is 49.5 Å². The van der Waals surface area contributed by atoms with Crippen molar-refractivity contribution in [3.8, 4) is 17.4 Å². The SMILES string of the molecule is CC(C)(C)c1ccc(C(=O)Nc2cn3nc(OC4CCNCC4)ccc3n2)c(OC(=O)C(F)(F)F)c1OC(=O)C(F)(F)F. The molecule has 2 aromatic heterocycles. The van der Waals surface area contributed by atoms with Crippen molar-refractivity contribution >= 4 is 29.3 Å². The largest absolute Gasteiger partial charge is 0.491 e. The molecule has 0 atom stereocenters. The summed E-state index contributed by atoms with van der Waals surface area (Å²) in [6, 6.07) is 5.06. The Balaban J connectivity index is 1.71. The molecule has 0 radical (unpaired) electrons. The van der Waals surface area contributed by atoms with Crippen LogP contribution in [0.2, 0.25) is 0 Å². The topological polar surface area (TPSA) is 133 Å². The third-order valence-electron chi connectivity index (χ3n) is 6.13. The third kappa shape index (κ3) is 7.52. The summed E-state index contributed by atoms with van der Waals surface area (Å²) in [4.78, 5) is 40.9. The molecule has 232 valence electrons. The molecule has 1 amide bonds. The van der Waals surface area contributed by atoms with E-state index in [0.29, 0.717) is 0 Å². The van der Waals surface area contributed by atoms with Crippen LogP contribution >= 0.6 is 0 Å². The van der Waals surface area contributed by atoms with E-state index in [0.717, 1.165) is 38.1 Å². The molecule has 17 heteroatoms. The van der Waals surface area contributed by atoms with E-state index in [1.165, 1.54) is 37.5 Å². The summed E-state index contributed by atoms with van der Waals surface area (Å²) < 4.78 is 94.6. The maximum Gasteiger partial charge on any atom is 0.491 e. The number of imidazole rings is 1. The molecule has 0 saturated carbocycles. The molecular weight excluding hydrogens is 592 g/mol. The van der Waals surface area contributed by atoms with Crippen molar-refractivity contribution in [1.29, 1.82) is 0 Å². The number of nitrogens with one attached hydrogen (secondary N) is 2. The molecule has 0 unspecified atom stereocenters. The Morgan fingerprint density at radius 2 is 1.51 bits per heavy atom. The number of halogens is 6. The van der Waals surface area contributed by atoms with Gasteiger partial charge in [-0.15, -0.1) is 5.10 Å². The van der Waals surface area contributed by atoms with Crippen molar-refractivity contribution in [3.05, 3.63) is 41.6 Å². The Bertz CT molecular complexity index is 1540. The van der Waals surface area contributed by atoms with Crippen molar-refractivity contribution in [3.63, 3.8) is 0 Å². The number of carbonyl (C=O) groups excluding carboxylic acids is 3. The lowest BCUT2D eigenvalue weighted by Crippen LogP contribution is -2.34. The van der Waals surface area contributed by atoms with Gasteiger partial charge in [0, 0.05) is 11.6 Å². The van der Waals surface area contributed by atoms with Crippen molar-refractivity contribution in [2.24, 2.45) is 0 Å². The van der Waals surface area contributed by atoms with Crippen LogP contribution < -0.4 is 24.8 Å². The zero-order chi connectivity index (χ0) is 31.7. The molecule has 2 N–H and O–H groups in total. The fourth-order valence-corrected chi connectivity index (χ4v) is 4.09. The number of benzene rings is 1. The van der Waals surface area contributed by atoms with E-state index in [2.05, 4.69) is 30.2 Å². The standard InChI is InChI=1S/C26H25F6N5O6/c1-24(2,3)15-5-4-14(19(42-22(39)25(27,28)29)20(15)43-23(40)26(30,31)32)21(38)35-16-12-37-17(34-16)6-7-18(36-37)41-13-8-10-33-11-9-13/h4-7,12-13,33H,8-11H2,1-3H3,(H,35,38). The van der Waals surface area contributed by atoms with Crippen LogP contribution in [0.4, 0.5) is 32.2 Å². The van der Waals surface area contributed by atoms with Crippen molar-refractivity contribution in [2.75, 3.05) is 18.4 Å². The Kier molecular flexibility index (Phi) is 8.58. The minimum atomic E-state index is -5.61. The summed E-state index contributed by atoms with van der Waals surface area (Å²) in [5.74, 6) is -9.35. The van der Waals surface area contributed by atoms with Crippen molar-refractivity contribution in [2.45, 2.75) is 57.5 Å². The maximum atomic E-state index is 13.2. The first-order valence-electron chi connectivity index (χ1n) is 12.7. The number of aromatic nitrogens is 3. The van der Waals surface area contributed by atoms with Crippen molar-refractivity contribution in [1.82, 2.24) is 19.9 Å². The van der Waals surface area contributed by atoms with Crippen LogP contribution in [-0.4, -0.2) is 64.0 Å². The van der Waals surface area contributed by atoms with Crippen LogP contribution in [0, 0.1) is 0 Å². The molecule has 4 rings (SSSR count). The van der Waals surface area contributed by atoms with E-state index < -0.39 is 52.7 Å². The number of carbonyl (C=O) groups is 3. The van der Waals surface area contributed by atoms with Crippen molar-refractivity contribution < 1.29 is 54.9 Å². The van der Waals surface area contributed by atoms with Crippen LogP contribution in [0.15, 0.2) is 30.5 Å². The van der Waals surface area contributed by atoms with E-state index in [9.17, 15) is 40.7 Å². The summed E-state index contributed by atoms with van der Waals surface area (Å²) in [7, 11) is 0. The van der Waals surface area contributed by atoms with Gasteiger partial charge >= 0.3 is 24.3 Å². The fraction of sp³-hybridized carbons (Fsp3) is 0.423. The average molecular weight is 618 g/mol. The van der Waals surface area contributed by atoms with Gasteiger partial charge in [0.2, 0.25) is 5.88 Å². The van der Waals surface area contributed by atoms with Gasteiger partial charge in [-0.05, 0) is 43.5 Å². The predicted octanol–water partition coefficient (Wildman–Crippen LogP) is 4.35. The number of piperidine rings is 1. The second-order valence-electron chi connectivity index (χ2n) is 10.5. The van der Waals surface area contributed by atoms with Gasteiger partial charge in [0.1, 0.15) is 6.10 Å². The molecule has 11 nitrogen and oxygen atoms in total. The number of hydrogen-bond acceptors (Lipinski definition) is 9. The van der Waals surface area contributed by atoms with Gasteiger partial charge in [0.25, 0.3) is 5.91 Å². The Hall–Kier alpha value is -4.41. The molecule has 1 fully saturated rings. The number of ether oxygens (including phenoxy) is 3. The highest BCUT2D eigenvalue weighted by Gasteiger charge is 2.45.